The van der Waals surface area contributed by atoms with Crippen LogP contribution in [0.2, 0.25) is 0 Å². The third-order valence-corrected chi connectivity index (χ3v) is 0.674. The first-order chi connectivity index (χ1) is 5.77. The fourth-order valence-corrected chi connectivity index (χ4v) is 0.307. The van der Waals surface area contributed by atoms with Gasteiger partial charge in [-0.25, -0.2) is 0 Å². The van der Waals surface area contributed by atoms with E-state index in [4.69, 9.17) is 0 Å². The molecule has 0 aromatic carbocycles. The average molecular weight is 171 g/mol. The second kappa shape index (κ2) is 22.4. The third kappa shape index (κ3) is 34.2. The fourth-order valence-electron chi connectivity index (χ4n) is 0.307. The quantitative estimate of drug-likeness (QED) is 0.544. The van der Waals surface area contributed by atoms with Gasteiger partial charge in [0.25, 0.3) is 0 Å². The lowest BCUT2D eigenvalue weighted by molar-refractivity contribution is 1.21. The van der Waals surface area contributed by atoms with Gasteiger partial charge in [-0.05, 0) is 20.3 Å². The third-order valence-electron chi connectivity index (χ3n) is 0.674. The van der Waals surface area contributed by atoms with Gasteiger partial charge < -0.3 is 0 Å². The van der Waals surface area contributed by atoms with Crippen LogP contribution in [0.15, 0.2) is 17.3 Å². The van der Waals surface area contributed by atoms with Gasteiger partial charge in [0.05, 0.1) is 0 Å². The van der Waals surface area contributed by atoms with Crippen LogP contribution < -0.4 is 0 Å². The molecule has 0 aliphatic carbocycles. The molecule has 0 aromatic rings. The van der Waals surface area contributed by atoms with Gasteiger partial charge in [0.1, 0.15) is 0 Å². The number of nitrogens with zero attached hydrogens (tertiary/aromatic N) is 1. The van der Waals surface area contributed by atoms with Crippen LogP contribution in [-0.4, -0.2) is 5.71 Å². The molecule has 0 atom stereocenters. The number of aliphatic imine (C=N–C) groups is 1. The van der Waals surface area contributed by atoms with Crippen molar-refractivity contribution in [3.8, 4) is 0 Å². The highest BCUT2D eigenvalue weighted by atomic mass is 14.7. The molecule has 0 N–H and O–H groups in total. The molecule has 0 aliphatic rings. The van der Waals surface area contributed by atoms with E-state index in [1.807, 2.05) is 53.8 Å². The molecule has 0 fully saturated rings. The topological polar surface area (TPSA) is 12.4 Å². The van der Waals surface area contributed by atoms with Gasteiger partial charge in [-0.1, -0.05) is 40.7 Å². The van der Waals surface area contributed by atoms with E-state index < -0.39 is 0 Å². The second-order valence-corrected chi connectivity index (χ2v) is 1.87. The zero-order valence-electron chi connectivity index (χ0n) is 9.81. The predicted molar refractivity (Wildman–Crippen MR) is 60.9 cm³/mol. The van der Waals surface area contributed by atoms with Crippen LogP contribution in [0.5, 0.6) is 0 Å². The lowest BCUT2D eigenvalue weighted by atomic mass is 10.4. The van der Waals surface area contributed by atoms with Gasteiger partial charge in [-0.2, -0.15) is 0 Å². The summed E-state index contributed by atoms with van der Waals surface area (Å²) >= 11 is 0. The van der Waals surface area contributed by atoms with Crippen molar-refractivity contribution in [2.45, 2.75) is 54.9 Å². The molecular weight excluding hydrogens is 146 g/mol. The van der Waals surface area contributed by atoms with Crippen LogP contribution >= 0.6 is 0 Å². The lowest BCUT2D eigenvalue weighted by Gasteiger charge is -1.80. The molecule has 0 unspecified atom stereocenters. The normalized spacial score (nSPS) is 7.58. The first-order valence-corrected chi connectivity index (χ1v) is 4.93. The Morgan fingerprint density at radius 1 is 1.08 bits per heavy atom. The average Bonchev–Trinajstić information content (AvgIpc) is 2.12. The largest absolute Gasteiger partial charge is 0.267 e. The van der Waals surface area contributed by atoms with Gasteiger partial charge in [0.2, 0.25) is 0 Å². The van der Waals surface area contributed by atoms with Crippen LogP contribution in [-0.2, 0) is 0 Å². The van der Waals surface area contributed by atoms with Crippen molar-refractivity contribution in [2.75, 3.05) is 0 Å². The van der Waals surface area contributed by atoms with Crippen LogP contribution in [0, 0.1) is 0 Å². The molecule has 1 heteroatoms. The van der Waals surface area contributed by atoms with E-state index in [0.717, 1.165) is 12.1 Å². The Bertz CT molecular complexity index is 97.6. The summed E-state index contributed by atoms with van der Waals surface area (Å²) < 4.78 is 0. The van der Waals surface area contributed by atoms with Crippen molar-refractivity contribution < 1.29 is 0 Å². The Labute approximate surface area is 78.6 Å². The maximum atomic E-state index is 4.05. The summed E-state index contributed by atoms with van der Waals surface area (Å²) in [4.78, 5) is 4.05. The van der Waals surface area contributed by atoms with Crippen molar-refractivity contribution in [3.05, 3.63) is 12.3 Å². The van der Waals surface area contributed by atoms with E-state index in [1.54, 1.807) is 0 Å². The first kappa shape index (κ1) is 17.5. The van der Waals surface area contributed by atoms with E-state index >= 15 is 0 Å². The van der Waals surface area contributed by atoms with Gasteiger partial charge in [-0.15, -0.1) is 0 Å². The molecule has 0 spiro atoms. The van der Waals surface area contributed by atoms with Crippen molar-refractivity contribution in [3.63, 3.8) is 0 Å². The Balaban J connectivity index is -0.000000175. The maximum absolute atomic E-state index is 4.05. The Morgan fingerprint density at radius 3 is 1.75 bits per heavy atom. The van der Waals surface area contributed by atoms with Crippen molar-refractivity contribution in [1.29, 1.82) is 0 Å². The molecule has 0 saturated heterocycles. The minimum atomic E-state index is 1.07. The second-order valence-electron chi connectivity index (χ2n) is 1.87. The zero-order chi connectivity index (χ0) is 10.4. The Morgan fingerprint density at radius 2 is 1.50 bits per heavy atom. The summed E-state index contributed by atoms with van der Waals surface area (Å²) in [5.74, 6) is 0. The summed E-state index contributed by atoms with van der Waals surface area (Å²) in [5, 5.41) is 0. The van der Waals surface area contributed by atoms with Crippen molar-refractivity contribution in [2.24, 2.45) is 4.99 Å². The van der Waals surface area contributed by atoms with Gasteiger partial charge >= 0.3 is 0 Å². The highest BCUT2D eigenvalue weighted by Crippen LogP contribution is 1.81. The molecule has 12 heavy (non-hydrogen) atoms. The molecular formula is C11H25N. The molecule has 0 radical (unpaired) electrons. The summed E-state index contributed by atoms with van der Waals surface area (Å²) in [5.41, 5.74) is 1.11. The Hall–Kier alpha value is -0.590. The fraction of sp³-hybridized carbons (Fsp3) is 0.727. The molecule has 0 amide bonds. The molecule has 0 aromatic heterocycles. The van der Waals surface area contributed by atoms with Crippen molar-refractivity contribution >= 4 is 5.71 Å². The van der Waals surface area contributed by atoms with E-state index in [2.05, 4.69) is 11.9 Å². The van der Waals surface area contributed by atoms with Crippen molar-refractivity contribution in [1.82, 2.24) is 0 Å². The molecule has 0 aliphatic heterocycles. The molecule has 0 bridgehead atoms. The summed E-state index contributed by atoms with van der Waals surface area (Å²) in [6, 6.07) is 0. The monoisotopic (exact) mass is 171 g/mol. The van der Waals surface area contributed by atoms with Gasteiger partial charge in [0.15, 0.2) is 0 Å². The lowest BCUT2D eigenvalue weighted by Crippen LogP contribution is -1.74. The number of allylic oxidation sites excluding steroid dienone is 1. The van der Waals surface area contributed by atoms with E-state index in [0.29, 0.717) is 0 Å². The zero-order valence-corrected chi connectivity index (χ0v) is 9.81. The van der Waals surface area contributed by atoms with Crippen LogP contribution in [0.25, 0.3) is 0 Å². The highest BCUT2D eigenvalue weighted by molar-refractivity contribution is 5.79. The number of hydrogen-bond donors (Lipinski definition) is 0. The molecule has 0 rings (SSSR count). The summed E-state index contributed by atoms with van der Waals surface area (Å²) in [6.07, 6.45) is 4.94. The maximum Gasteiger partial charge on any atom is 0.0226 e. The van der Waals surface area contributed by atoms with E-state index in [-0.39, 0.29) is 0 Å². The standard InChI is InChI=1S/C7H13N.2C2H6/c1-4-5-6-8-7(2)3;2*1-2/h5-6H,4H2,1-3H3;2*1-2H3/b6-5-;;. The van der Waals surface area contributed by atoms with Crippen LogP contribution in [0.3, 0.4) is 0 Å². The van der Waals surface area contributed by atoms with Crippen LogP contribution in [0.1, 0.15) is 54.9 Å². The minimum absolute atomic E-state index is 1.07. The predicted octanol–water partition coefficient (Wildman–Crippen LogP) is 4.44. The number of rotatable bonds is 2. The van der Waals surface area contributed by atoms with E-state index in [1.165, 1.54) is 0 Å². The van der Waals surface area contributed by atoms with E-state index in [9.17, 15) is 0 Å². The highest BCUT2D eigenvalue weighted by Gasteiger charge is 1.68. The van der Waals surface area contributed by atoms with Gasteiger partial charge in [0, 0.05) is 11.9 Å². The molecule has 74 valence electrons. The SMILES string of the molecule is CC.CC.CC/C=C\N=C(C)C. The smallest absolute Gasteiger partial charge is 0.0226 e. The molecule has 1 nitrogen and oxygen atoms in total. The molecule has 0 heterocycles. The molecule has 0 saturated carbocycles. The first-order valence-electron chi connectivity index (χ1n) is 4.93. The minimum Gasteiger partial charge on any atom is -0.267 e. The summed E-state index contributed by atoms with van der Waals surface area (Å²) in [6.45, 7) is 14.1. The number of hydrogen-bond acceptors (Lipinski definition) is 1. The summed E-state index contributed by atoms with van der Waals surface area (Å²) in [7, 11) is 0. The van der Waals surface area contributed by atoms with Gasteiger partial charge in [-0.3, -0.25) is 4.99 Å². The van der Waals surface area contributed by atoms with Crippen LogP contribution in [0.4, 0.5) is 0 Å². The Kier molecular flexibility index (Phi) is 32.7.